The largest absolute Gasteiger partial charge is 0.490 e. The zero-order chi connectivity index (χ0) is 18.1. The maximum absolute atomic E-state index is 12.7. The van der Waals surface area contributed by atoms with Gasteiger partial charge in [0, 0.05) is 37.5 Å². The van der Waals surface area contributed by atoms with Crippen molar-refractivity contribution in [3.05, 3.63) is 42.9 Å². The fraction of sp³-hybridized carbons (Fsp3) is 0.389. The molecule has 5 nitrogen and oxygen atoms in total. The Hall–Kier alpha value is -2.64. The molecule has 26 heavy (non-hydrogen) atoms. The van der Waals surface area contributed by atoms with E-state index in [0.29, 0.717) is 22.7 Å². The maximum Gasteiger partial charge on any atom is 0.406 e. The molecule has 1 aromatic carbocycles. The van der Waals surface area contributed by atoms with Gasteiger partial charge in [0.05, 0.1) is 11.7 Å². The average Bonchev–Trinajstić information content (AvgIpc) is 3.25. The van der Waals surface area contributed by atoms with E-state index in [1.54, 1.807) is 36.7 Å². The molecule has 1 fully saturated rings. The van der Waals surface area contributed by atoms with E-state index in [0.717, 1.165) is 25.9 Å². The molecule has 0 saturated carbocycles. The van der Waals surface area contributed by atoms with Crippen LogP contribution in [0.3, 0.4) is 0 Å². The Morgan fingerprint density at radius 2 is 2.00 bits per heavy atom. The molecule has 0 atom stereocenters. The zero-order valence-electron chi connectivity index (χ0n) is 13.9. The van der Waals surface area contributed by atoms with Gasteiger partial charge >= 0.3 is 6.18 Å². The molecule has 3 heterocycles. The number of ether oxygens (including phenoxy) is 1. The van der Waals surface area contributed by atoms with Gasteiger partial charge in [-0.25, -0.2) is 4.98 Å². The Balaban J connectivity index is 1.46. The third kappa shape index (κ3) is 3.49. The van der Waals surface area contributed by atoms with Gasteiger partial charge in [0.25, 0.3) is 6.01 Å². The van der Waals surface area contributed by atoms with E-state index in [9.17, 15) is 13.2 Å². The summed E-state index contributed by atoms with van der Waals surface area (Å²) in [6, 6.07) is 7.50. The van der Waals surface area contributed by atoms with Gasteiger partial charge in [-0.15, -0.1) is 0 Å². The minimum atomic E-state index is -4.25. The lowest BCUT2D eigenvalue weighted by Gasteiger charge is -2.31. The van der Waals surface area contributed by atoms with Crippen LogP contribution in [0.15, 0.2) is 47.3 Å². The summed E-state index contributed by atoms with van der Waals surface area (Å²) in [4.78, 5) is 6.20. The van der Waals surface area contributed by atoms with Crippen molar-refractivity contribution in [1.82, 2.24) is 9.55 Å². The summed E-state index contributed by atoms with van der Waals surface area (Å²) >= 11 is 0. The molecule has 138 valence electrons. The van der Waals surface area contributed by atoms with Gasteiger partial charge < -0.3 is 18.6 Å². The number of anilines is 1. The second-order valence-corrected chi connectivity index (χ2v) is 6.37. The second-order valence-electron chi connectivity index (χ2n) is 6.37. The van der Waals surface area contributed by atoms with Crippen LogP contribution < -0.4 is 9.64 Å². The lowest BCUT2D eigenvalue weighted by molar-refractivity contribution is -0.139. The first-order chi connectivity index (χ1) is 12.5. The molecule has 1 aliphatic heterocycles. The van der Waals surface area contributed by atoms with Crippen molar-refractivity contribution in [3.8, 4) is 5.75 Å². The van der Waals surface area contributed by atoms with Crippen LogP contribution in [-0.2, 0) is 6.54 Å². The quantitative estimate of drug-likeness (QED) is 0.694. The van der Waals surface area contributed by atoms with Crippen molar-refractivity contribution in [3.63, 3.8) is 0 Å². The van der Waals surface area contributed by atoms with Gasteiger partial charge in [-0.1, -0.05) is 6.07 Å². The fourth-order valence-corrected chi connectivity index (χ4v) is 3.35. The van der Waals surface area contributed by atoms with Crippen molar-refractivity contribution in [2.75, 3.05) is 18.0 Å². The number of fused-ring (bicyclic) bond motifs is 1. The number of oxazole rings is 1. The second kappa shape index (κ2) is 6.59. The zero-order valence-corrected chi connectivity index (χ0v) is 13.9. The van der Waals surface area contributed by atoms with E-state index < -0.39 is 12.7 Å². The standard InChI is InChI=1S/C18H18F3N3O2/c19-18(20,21)12-24-10-6-14-15(24)2-1-3-16(14)26-13-4-8-23(9-5-13)17-22-7-11-25-17/h1-3,6-7,10-11,13H,4-5,8-9,12H2. The Morgan fingerprint density at radius 3 is 2.69 bits per heavy atom. The summed E-state index contributed by atoms with van der Waals surface area (Å²) in [5.41, 5.74) is 0.525. The summed E-state index contributed by atoms with van der Waals surface area (Å²) in [7, 11) is 0. The van der Waals surface area contributed by atoms with Crippen molar-refractivity contribution in [2.24, 2.45) is 0 Å². The summed E-state index contributed by atoms with van der Waals surface area (Å²) in [5, 5.41) is 0.701. The topological polar surface area (TPSA) is 43.4 Å². The fourth-order valence-electron chi connectivity index (χ4n) is 3.35. The monoisotopic (exact) mass is 365 g/mol. The molecule has 0 N–H and O–H groups in total. The van der Waals surface area contributed by atoms with Crippen molar-refractivity contribution >= 4 is 16.9 Å². The predicted molar refractivity (Wildman–Crippen MR) is 90.4 cm³/mol. The third-order valence-electron chi connectivity index (χ3n) is 4.55. The van der Waals surface area contributed by atoms with Crippen LogP contribution in [0.2, 0.25) is 0 Å². The highest BCUT2D eigenvalue weighted by Gasteiger charge is 2.29. The Kier molecular flexibility index (Phi) is 4.26. The number of rotatable bonds is 4. The normalized spacial score (nSPS) is 16.3. The van der Waals surface area contributed by atoms with Crippen LogP contribution in [0.4, 0.5) is 19.2 Å². The summed E-state index contributed by atoms with van der Waals surface area (Å²) in [6.45, 7) is 0.515. The SMILES string of the molecule is FC(F)(F)Cn1ccc2c(OC3CCN(c4ncco4)CC3)cccc21. The lowest BCUT2D eigenvalue weighted by Crippen LogP contribution is -2.38. The first-order valence-electron chi connectivity index (χ1n) is 8.45. The van der Waals surface area contributed by atoms with E-state index in [1.165, 1.54) is 10.8 Å². The van der Waals surface area contributed by atoms with E-state index in [1.807, 2.05) is 0 Å². The van der Waals surface area contributed by atoms with Crippen LogP contribution >= 0.6 is 0 Å². The molecule has 4 rings (SSSR count). The molecule has 1 aliphatic rings. The first-order valence-corrected chi connectivity index (χ1v) is 8.45. The molecule has 2 aromatic heterocycles. The highest BCUT2D eigenvalue weighted by molar-refractivity contribution is 5.86. The Morgan fingerprint density at radius 1 is 1.19 bits per heavy atom. The maximum atomic E-state index is 12.7. The molecular weight excluding hydrogens is 347 g/mol. The van der Waals surface area contributed by atoms with Crippen LogP contribution in [0.25, 0.3) is 10.9 Å². The number of benzene rings is 1. The van der Waals surface area contributed by atoms with E-state index in [2.05, 4.69) is 9.88 Å². The van der Waals surface area contributed by atoms with Gasteiger partial charge in [-0.3, -0.25) is 0 Å². The van der Waals surface area contributed by atoms with Gasteiger partial charge in [0.15, 0.2) is 0 Å². The molecule has 1 saturated heterocycles. The van der Waals surface area contributed by atoms with Crippen LogP contribution in [0, 0.1) is 0 Å². The van der Waals surface area contributed by atoms with Crippen LogP contribution in [0.1, 0.15) is 12.8 Å². The molecule has 0 radical (unpaired) electrons. The van der Waals surface area contributed by atoms with E-state index >= 15 is 0 Å². The lowest BCUT2D eigenvalue weighted by atomic mass is 10.1. The number of aromatic nitrogens is 2. The first kappa shape index (κ1) is 16.8. The van der Waals surface area contributed by atoms with Gasteiger partial charge in [-0.2, -0.15) is 13.2 Å². The molecule has 0 amide bonds. The van der Waals surface area contributed by atoms with Crippen LogP contribution in [0.5, 0.6) is 5.75 Å². The molecule has 0 bridgehead atoms. The van der Waals surface area contributed by atoms with Gasteiger partial charge in [-0.05, 0) is 18.2 Å². The van der Waals surface area contributed by atoms with Crippen molar-refractivity contribution in [2.45, 2.75) is 31.7 Å². The Labute approximate surface area is 148 Å². The summed E-state index contributed by atoms with van der Waals surface area (Å²) < 4.78 is 50.7. The van der Waals surface area contributed by atoms with E-state index in [-0.39, 0.29) is 6.10 Å². The average molecular weight is 365 g/mol. The van der Waals surface area contributed by atoms with Crippen molar-refractivity contribution < 1.29 is 22.3 Å². The minimum Gasteiger partial charge on any atom is -0.490 e. The van der Waals surface area contributed by atoms with E-state index in [4.69, 9.17) is 9.15 Å². The number of hydrogen-bond acceptors (Lipinski definition) is 4. The summed E-state index contributed by atoms with van der Waals surface area (Å²) in [6.07, 6.45) is 1.96. The minimum absolute atomic E-state index is 0.0118. The van der Waals surface area contributed by atoms with Gasteiger partial charge in [0.1, 0.15) is 24.7 Å². The number of piperidine rings is 1. The number of halogens is 3. The number of alkyl halides is 3. The Bertz CT molecular complexity index is 866. The number of nitrogens with zero attached hydrogens (tertiary/aromatic N) is 3. The molecule has 0 unspecified atom stereocenters. The molecule has 0 spiro atoms. The molecule has 0 aliphatic carbocycles. The molecule has 8 heteroatoms. The number of hydrogen-bond donors (Lipinski definition) is 0. The highest BCUT2D eigenvalue weighted by atomic mass is 19.4. The van der Waals surface area contributed by atoms with Crippen molar-refractivity contribution in [1.29, 1.82) is 0 Å². The predicted octanol–water partition coefficient (Wildman–Crippen LogP) is 4.24. The highest BCUT2D eigenvalue weighted by Crippen LogP contribution is 2.31. The smallest absolute Gasteiger partial charge is 0.406 e. The summed E-state index contributed by atoms with van der Waals surface area (Å²) in [5.74, 6) is 0.623. The third-order valence-corrected chi connectivity index (χ3v) is 4.55. The van der Waals surface area contributed by atoms with Crippen LogP contribution in [-0.4, -0.2) is 34.9 Å². The molecule has 3 aromatic rings. The molecular formula is C18H18F3N3O2. The van der Waals surface area contributed by atoms with Gasteiger partial charge in [0.2, 0.25) is 0 Å².